The van der Waals surface area contributed by atoms with Gasteiger partial charge in [-0.05, 0) is 42.5 Å². The van der Waals surface area contributed by atoms with Gasteiger partial charge in [0.2, 0.25) is 5.91 Å². The molecule has 0 aliphatic heterocycles. The predicted octanol–water partition coefficient (Wildman–Crippen LogP) is 3.64. The Balaban J connectivity index is 1.73. The normalized spacial score (nSPS) is 14.9. The number of alkyl carbamates (subject to hydrolysis) is 1. The topological polar surface area (TPSA) is 105 Å². The van der Waals surface area contributed by atoms with Crippen molar-refractivity contribution >= 4 is 18.0 Å². The van der Waals surface area contributed by atoms with Gasteiger partial charge in [-0.2, -0.15) is 0 Å². The SMILES string of the molecule is CCC(C)N(CC(=O)O)C(=O)[C@@H](NC(=O)OCC1c2ccccc2-c2ccccc21)[C@@H](C)OC. The quantitative estimate of drug-likeness (QED) is 0.552. The van der Waals surface area contributed by atoms with Crippen LogP contribution in [0.3, 0.4) is 0 Å². The Morgan fingerprint density at radius 3 is 2.09 bits per heavy atom. The number of nitrogens with one attached hydrogen (secondary N) is 1. The molecule has 0 saturated carbocycles. The van der Waals surface area contributed by atoms with Crippen LogP contribution >= 0.6 is 0 Å². The van der Waals surface area contributed by atoms with Gasteiger partial charge in [0.1, 0.15) is 19.2 Å². The zero-order valence-electron chi connectivity index (χ0n) is 20.0. The number of aliphatic carboxylic acids is 1. The molecule has 0 saturated heterocycles. The molecule has 182 valence electrons. The van der Waals surface area contributed by atoms with Crippen LogP contribution in [0.15, 0.2) is 48.5 Å². The van der Waals surface area contributed by atoms with Gasteiger partial charge in [0.05, 0.1) is 6.10 Å². The number of carbonyl (C=O) groups excluding carboxylic acids is 2. The number of ether oxygens (including phenoxy) is 2. The molecule has 8 nitrogen and oxygen atoms in total. The highest BCUT2D eigenvalue weighted by atomic mass is 16.5. The minimum atomic E-state index is -1.13. The molecular weight excluding hydrogens is 436 g/mol. The maximum atomic E-state index is 13.2. The summed E-state index contributed by atoms with van der Waals surface area (Å²) in [4.78, 5) is 38.6. The lowest BCUT2D eigenvalue weighted by atomic mass is 9.98. The molecular formula is C26H32N2O6. The Morgan fingerprint density at radius 1 is 1.03 bits per heavy atom. The van der Waals surface area contributed by atoms with E-state index in [9.17, 15) is 19.5 Å². The third kappa shape index (κ3) is 5.39. The molecule has 0 bridgehead atoms. The van der Waals surface area contributed by atoms with E-state index in [0.29, 0.717) is 6.42 Å². The highest BCUT2D eigenvalue weighted by Crippen LogP contribution is 2.44. The standard InChI is InChI=1S/C26H32N2O6/c1-5-16(2)28(14-23(29)30)25(31)24(17(3)33-4)27-26(32)34-15-22-20-12-8-6-10-18(20)19-11-7-9-13-21(19)22/h6-13,16-17,22,24H,5,14-15H2,1-4H3,(H,27,32)(H,29,30)/t16?,17-,24+/m1/s1. The van der Waals surface area contributed by atoms with Crippen LogP contribution in [0, 0.1) is 0 Å². The second-order valence-electron chi connectivity index (χ2n) is 8.51. The summed E-state index contributed by atoms with van der Waals surface area (Å²) in [5, 5.41) is 11.9. The number of hydrogen-bond acceptors (Lipinski definition) is 5. The second-order valence-corrected chi connectivity index (χ2v) is 8.51. The Labute approximate surface area is 199 Å². The number of methoxy groups -OCH3 is 1. The number of fused-ring (bicyclic) bond motifs is 3. The summed E-state index contributed by atoms with van der Waals surface area (Å²) in [6, 6.07) is 14.6. The number of hydrogen-bond donors (Lipinski definition) is 2. The van der Waals surface area contributed by atoms with Crippen molar-refractivity contribution in [3.63, 3.8) is 0 Å². The molecule has 2 aromatic carbocycles. The molecule has 1 unspecified atom stereocenters. The van der Waals surface area contributed by atoms with Gasteiger partial charge < -0.3 is 24.8 Å². The van der Waals surface area contributed by atoms with E-state index in [4.69, 9.17) is 9.47 Å². The minimum Gasteiger partial charge on any atom is -0.480 e. The lowest BCUT2D eigenvalue weighted by molar-refractivity contribution is -0.148. The molecule has 1 aliphatic carbocycles. The molecule has 8 heteroatoms. The molecule has 2 aromatic rings. The average Bonchev–Trinajstić information content (AvgIpc) is 3.16. The first-order chi connectivity index (χ1) is 16.3. The lowest BCUT2D eigenvalue weighted by Crippen LogP contribution is -2.57. The summed E-state index contributed by atoms with van der Waals surface area (Å²) in [6.45, 7) is 4.91. The van der Waals surface area contributed by atoms with Crippen molar-refractivity contribution < 1.29 is 29.0 Å². The summed E-state index contributed by atoms with van der Waals surface area (Å²) in [7, 11) is 1.43. The van der Waals surface area contributed by atoms with Crippen molar-refractivity contribution in [1.82, 2.24) is 10.2 Å². The lowest BCUT2D eigenvalue weighted by Gasteiger charge is -2.32. The Kier molecular flexibility index (Phi) is 8.28. The monoisotopic (exact) mass is 468 g/mol. The van der Waals surface area contributed by atoms with E-state index >= 15 is 0 Å². The van der Waals surface area contributed by atoms with Gasteiger partial charge >= 0.3 is 12.1 Å². The fourth-order valence-corrected chi connectivity index (χ4v) is 4.28. The van der Waals surface area contributed by atoms with Crippen molar-refractivity contribution in [2.24, 2.45) is 0 Å². The third-order valence-electron chi connectivity index (χ3n) is 6.44. The zero-order valence-corrected chi connectivity index (χ0v) is 20.0. The van der Waals surface area contributed by atoms with Crippen molar-refractivity contribution in [2.45, 2.75) is 51.3 Å². The first-order valence-electron chi connectivity index (χ1n) is 11.4. The number of benzene rings is 2. The largest absolute Gasteiger partial charge is 0.480 e. The van der Waals surface area contributed by atoms with Gasteiger partial charge in [-0.3, -0.25) is 9.59 Å². The Morgan fingerprint density at radius 2 is 1.59 bits per heavy atom. The van der Waals surface area contributed by atoms with Gasteiger partial charge in [0, 0.05) is 19.1 Å². The van der Waals surface area contributed by atoms with E-state index in [2.05, 4.69) is 17.4 Å². The van der Waals surface area contributed by atoms with Gasteiger partial charge in [-0.1, -0.05) is 55.5 Å². The van der Waals surface area contributed by atoms with Crippen molar-refractivity contribution in [3.8, 4) is 11.1 Å². The number of carboxylic acid groups (broad SMARTS) is 1. The second kappa shape index (κ2) is 11.2. The third-order valence-corrected chi connectivity index (χ3v) is 6.44. The van der Waals surface area contributed by atoms with E-state index in [1.807, 2.05) is 43.3 Å². The van der Waals surface area contributed by atoms with Crippen molar-refractivity contribution in [2.75, 3.05) is 20.3 Å². The minimum absolute atomic E-state index is 0.104. The van der Waals surface area contributed by atoms with E-state index in [1.54, 1.807) is 13.8 Å². The zero-order chi connectivity index (χ0) is 24.8. The number of nitrogens with zero attached hydrogens (tertiary/aromatic N) is 1. The van der Waals surface area contributed by atoms with Crippen LogP contribution in [0.4, 0.5) is 4.79 Å². The first kappa shape index (κ1) is 25.2. The summed E-state index contributed by atoms with van der Waals surface area (Å²) in [5.41, 5.74) is 4.40. The van der Waals surface area contributed by atoms with E-state index in [0.717, 1.165) is 22.3 Å². The Bertz CT molecular complexity index is 994. The van der Waals surface area contributed by atoms with Crippen LogP contribution in [-0.2, 0) is 19.1 Å². The molecule has 34 heavy (non-hydrogen) atoms. The van der Waals surface area contributed by atoms with Crippen LogP contribution in [0.25, 0.3) is 11.1 Å². The number of rotatable bonds is 10. The van der Waals surface area contributed by atoms with Crippen molar-refractivity contribution in [3.05, 3.63) is 59.7 Å². The van der Waals surface area contributed by atoms with Crippen molar-refractivity contribution in [1.29, 1.82) is 0 Å². The highest BCUT2D eigenvalue weighted by molar-refractivity contribution is 5.89. The van der Waals surface area contributed by atoms with Crippen LogP contribution in [0.5, 0.6) is 0 Å². The maximum Gasteiger partial charge on any atom is 0.407 e. The highest BCUT2D eigenvalue weighted by Gasteiger charge is 2.35. The fraction of sp³-hybridized carbons (Fsp3) is 0.423. The molecule has 1 aliphatic rings. The predicted molar refractivity (Wildman–Crippen MR) is 128 cm³/mol. The maximum absolute atomic E-state index is 13.2. The molecule has 0 spiro atoms. The van der Waals surface area contributed by atoms with Crippen LogP contribution in [-0.4, -0.2) is 66.4 Å². The van der Waals surface area contributed by atoms with Crippen LogP contribution in [0.2, 0.25) is 0 Å². The molecule has 0 radical (unpaired) electrons. The first-order valence-corrected chi connectivity index (χ1v) is 11.4. The van der Waals surface area contributed by atoms with E-state index < -0.39 is 36.7 Å². The molecule has 0 fully saturated rings. The van der Waals surface area contributed by atoms with E-state index in [1.165, 1.54) is 12.0 Å². The van der Waals surface area contributed by atoms with Gasteiger partial charge in [0.15, 0.2) is 0 Å². The molecule has 3 rings (SSSR count). The summed E-state index contributed by atoms with van der Waals surface area (Å²) < 4.78 is 10.9. The van der Waals surface area contributed by atoms with Gasteiger partial charge in [-0.15, -0.1) is 0 Å². The summed E-state index contributed by atoms with van der Waals surface area (Å²) in [5.74, 6) is -1.77. The van der Waals surface area contributed by atoms with Gasteiger partial charge in [0.25, 0.3) is 0 Å². The molecule has 0 heterocycles. The smallest absolute Gasteiger partial charge is 0.407 e. The molecule has 3 atom stereocenters. The van der Waals surface area contributed by atoms with Crippen LogP contribution in [0.1, 0.15) is 44.2 Å². The molecule has 0 aromatic heterocycles. The number of amides is 2. The van der Waals surface area contributed by atoms with Gasteiger partial charge in [-0.25, -0.2) is 4.79 Å². The van der Waals surface area contributed by atoms with Crippen LogP contribution < -0.4 is 5.32 Å². The number of carboxylic acids is 1. The number of carbonyl (C=O) groups is 3. The molecule has 2 amide bonds. The fourth-order valence-electron chi connectivity index (χ4n) is 4.28. The molecule has 2 N–H and O–H groups in total. The summed E-state index contributed by atoms with van der Waals surface area (Å²) in [6.07, 6.45) is -0.880. The summed E-state index contributed by atoms with van der Waals surface area (Å²) >= 11 is 0. The Hall–Kier alpha value is -3.39. The average molecular weight is 469 g/mol. The van der Waals surface area contributed by atoms with E-state index in [-0.39, 0.29) is 18.6 Å².